The van der Waals surface area contributed by atoms with Gasteiger partial charge in [0.2, 0.25) is 11.6 Å². The van der Waals surface area contributed by atoms with Crippen molar-refractivity contribution >= 4 is 19.7 Å². The average Bonchev–Trinajstić information content (AvgIpc) is 4.28. The van der Waals surface area contributed by atoms with E-state index < -0.39 is 65.2 Å². The summed E-state index contributed by atoms with van der Waals surface area (Å²) < 4.78 is 119. The Balaban J connectivity index is 0.000000182. The summed E-state index contributed by atoms with van der Waals surface area (Å²) in [5.74, 6) is 2.77. The van der Waals surface area contributed by atoms with Crippen molar-refractivity contribution in [2.24, 2.45) is 0 Å². The van der Waals surface area contributed by atoms with Crippen LogP contribution in [0.15, 0.2) is 94.3 Å². The monoisotopic (exact) mass is 1050 g/mol. The molecule has 4 atom stereocenters. The molecule has 0 unspecified atom stereocenters. The summed E-state index contributed by atoms with van der Waals surface area (Å²) in [5, 5.41) is 15.7. The van der Waals surface area contributed by atoms with E-state index in [1.807, 2.05) is 0 Å². The Morgan fingerprint density at radius 3 is 1.19 bits per heavy atom. The second kappa shape index (κ2) is 21.5. The van der Waals surface area contributed by atoms with Gasteiger partial charge in [0.25, 0.3) is 0 Å². The van der Waals surface area contributed by atoms with E-state index in [-0.39, 0.29) is 11.6 Å². The van der Waals surface area contributed by atoms with Gasteiger partial charge in [-0.2, -0.15) is 0 Å². The molecule has 24 heteroatoms. The zero-order valence-corrected chi connectivity index (χ0v) is 42.8. The zero-order valence-electron chi connectivity index (χ0n) is 41.2. The lowest BCUT2D eigenvalue weighted by Gasteiger charge is -2.20. The summed E-state index contributed by atoms with van der Waals surface area (Å²) in [6.45, 7) is 3.61. The molecule has 2 aromatic carbocycles. The zero-order chi connectivity index (χ0) is 52.3. The van der Waals surface area contributed by atoms with E-state index in [4.69, 9.17) is 27.8 Å². The third-order valence-corrected chi connectivity index (χ3v) is 17.4. The molecule has 6 heterocycles. The number of aryl methyl sites for hydroxylation is 2. The van der Waals surface area contributed by atoms with E-state index in [1.54, 1.807) is 83.6 Å². The van der Waals surface area contributed by atoms with Crippen LogP contribution in [0.25, 0.3) is 34.5 Å². The number of halogens is 2. The van der Waals surface area contributed by atoms with Crippen molar-refractivity contribution in [2.75, 3.05) is 28.4 Å². The van der Waals surface area contributed by atoms with Gasteiger partial charge in [0.15, 0.2) is 54.5 Å². The topological polar surface area (TPSA) is 244 Å². The molecule has 8 aromatic rings. The molecule has 0 amide bonds. The second-order valence-corrected chi connectivity index (χ2v) is 22.1. The van der Waals surface area contributed by atoms with E-state index in [2.05, 4.69) is 40.3 Å². The normalized spacial score (nSPS) is 17.7. The van der Waals surface area contributed by atoms with Gasteiger partial charge in [-0.1, -0.05) is 25.0 Å². The second-order valence-electron chi connectivity index (χ2n) is 17.7. The number of benzene rings is 2. The maximum atomic E-state index is 13.8. The number of nitrogens with zero attached hydrogens (tertiary/aromatic N) is 10. The predicted molar refractivity (Wildman–Crippen MR) is 264 cm³/mol. The highest BCUT2D eigenvalue weighted by atomic mass is 32.2. The smallest absolute Gasteiger partial charge is 0.204 e. The molecule has 6 aromatic heterocycles. The standard InChI is InChI=1S/2C25H26FN5O5S/c2*1-15-10-11-20(36-15)25-30-29-22(31(25)23-18(34-2)7-5-8-19(23)35-3)14-37(32,33)21-9-4-6-17(21)24-27-12-16(26)13-28-24/h2*5,7-8,10-13,17,21H,4,6,9,14H2,1-3H3/t2*17-,21-/m00/s1. The fourth-order valence-electron chi connectivity index (χ4n) is 9.73. The van der Waals surface area contributed by atoms with Gasteiger partial charge < -0.3 is 27.8 Å². The van der Waals surface area contributed by atoms with Crippen LogP contribution < -0.4 is 18.9 Å². The van der Waals surface area contributed by atoms with Gasteiger partial charge in [-0.15, -0.1) is 20.4 Å². The fourth-order valence-corrected chi connectivity index (χ4v) is 13.8. The molecule has 0 aliphatic heterocycles. The van der Waals surface area contributed by atoms with Gasteiger partial charge in [0.05, 0.1) is 63.7 Å². The highest BCUT2D eigenvalue weighted by molar-refractivity contribution is 7.91. The van der Waals surface area contributed by atoms with Crippen LogP contribution in [0.3, 0.4) is 0 Å². The van der Waals surface area contributed by atoms with E-state index in [1.165, 1.54) is 28.4 Å². The Morgan fingerprint density at radius 1 is 0.527 bits per heavy atom. The Labute approximate surface area is 425 Å². The first-order chi connectivity index (χ1) is 35.6. The maximum absolute atomic E-state index is 13.8. The van der Waals surface area contributed by atoms with Gasteiger partial charge in [-0.25, -0.2) is 45.6 Å². The number of sulfone groups is 2. The van der Waals surface area contributed by atoms with Crippen molar-refractivity contribution in [1.29, 1.82) is 0 Å². The number of aromatic nitrogens is 10. The third kappa shape index (κ3) is 10.3. The molecule has 0 spiro atoms. The number of ether oxygens (including phenoxy) is 4. The van der Waals surface area contributed by atoms with Gasteiger partial charge >= 0.3 is 0 Å². The molecule has 74 heavy (non-hydrogen) atoms. The lowest BCUT2D eigenvalue weighted by molar-refractivity contribution is 0.390. The minimum atomic E-state index is -3.76. The van der Waals surface area contributed by atoms with Crippen LogP contribution in [0.5, 0.6) is 23.0 Å². The summed E-state index contributed by atoms with van der Waals surface area (Å²) in [6, 6.07) is 17.6. The molecular formula is C50H52F2N10O10S2. The summed E-state index contributed by atoms with van der Waals surface area (Å²) in [6.07, 6.45) is 7.73. The van der Waals surface area contributed by atoms with E-state index in [0.717, 1.165) is 24.8 Å². The molecule has 0 radical (unpaired) electrons. The van der Waals surface area contributed by atoms with E-state index >= 15 is 0 Å². The molecule has 0 bridgehead atoms. The van der Waals surface area contributed by atoms with Crippen molar-refractivity contribution in [3.8, 4) is 57.5 Å². The first-order valence-electron chi connectivity index (χ1n) is 23.5. The van der Waals surface area contributed by atoms with Crippen molar-refractivity contribution in [3.63, 3.8) is 0 Å². The van der Waals surface area contributed by atoms with Crippen LogP contribution in [0.1, 0.15) is 85.2 Å². The molecule has 2 fully saturated rings. The average molecular weight is 1060 g/mol. The minimum Gasteiger partial charge on any atom is -0.494 e. The first kappa shape index (κ1) is 51.3. The lowest BCUT2D eigenvalue weighted by Crippen LogP contribution is -2.27. The minimum absolute atomic E-state index is 0.178. The highest BCUT2D eigenvalue weighted by Crippen LogP contribution is 2.43. The third-order valence-electron chi connectivity index (χ3n) is 13.1. The van der Waals surface area contributed by atoms with Gasteiger partial charge in [-0.05, 0) is 88.1 Å². The maximum Gasteiger partial charge on any atom is 0.204 e. The molecule has 10 rings (SSSR count). The molecule has 388 valence electrons. The lowest BCUT2D eigenvalue weighted by atomic mass is 10.1. The first-order valence-corrected chi connectivity index (χ1v) is 26.9. The summed E-state index contributed by atoms with van der Waals surface area (Å²) >= 11 is 0. The van der Waals surface area contributed by atoms with Crippen LogP contribution in [0.4, 0.5) is 8.78 Å². The number of furan rings is 2. The summed E-state index contributed by atoms with van der Waals surface area (Å²) in [7, 11) is -1.46. The Bertz CT molecular complexity index is 3220. The Kier molecular flexibility index (Phi) is 14.9. The molecule has 2 aliphatic carbocycles. The molecule has 2 aliphatic rings. The van der Waals surface area contributed by atoms with Gasteiger partial charge in [-0.3, -0.25) is 9.13 Å². The van der Waals surface area contributed by atoms with Gasteiger partial charge in [0, 0.05) is 11.8 Å². The van der Waals surface area contributed by atoms with Gasteiger partial charge in [0.1, 0.15) is 69.0 Å². The highest BCUT2D eigenvalue weighted by Gasteiger charge is 2.43. The van der Waals surface area contributed by atoms with Crippen molar-refractivity contribution in [1.82, 2.24) is 49.5 Å². The number of para-hydroxylation sites is 2. The number of hydrogen-bond donors (Lipinski definition) is 0. The van der Waals surface area contributed by atoms with E-state index in [0.29, 0.717) is 119 Å². The van der Waals surface area contributed by atoms with Crippen LogP contribution >= 0.6 is 0 Å². The number of hydrogen-bond acceptors (Lipinski definition) is 18. The summed E-state index contributed by atoms with van der Waals surface area (Å²) in [5.41, 5.74) is 0.910. The Morgan fingerprint density at radius 2 is 0.878 bits per heavy atom. The van der Waals surface area contributed by atoms with Crippen LogP contribution in [-0.2, 0) is 31.2 Å². The molecule has 20 nitrogen and oxygen atoms in total. The molecular weight excluding hydrogens is 1000 g/mol. The molecule has 0 saturated heterocycles. The van der Waals surface area contributed by atoms with Crippen molar-refractivity contribution in [3.05, 3.63) is 132 Å². The predicted octanol–water partition coefficient (Wildman–Crippen LogP) is 8.07. The fraction of sp³-hybridized carbons (Fsp3) is 0.360. The molecule has 0 N–H and O–H groups in total. The quantitative estimate of drug-likeness (QED) is 0.0887. The number of methoxy groups -OCH3 is 4. The number of rotatable bonds is 16. The van der Waals surface area contributed by atoms with Crippen LogP contribution in [0, 0.1) is 25.5 Å². The molecule has 2 saturated carbocycles. The van der Waals surface area contributed by atoms with Crippen molar-refractivity contribution in [2.45, 2.75) is 86.2 Å². The Hall–Kier alpha value is -7.60. The van der Waals surface area contributed by atoms with Crippen LogP contribution in [0.2, 0.25) is 0 Å². The summed E-state index contributed by atoms with van der Waals surface area (Å²) in [4.78, 5) is 16.2. The SMILES string of the molecule is COc1cccc(OC)c1-n1c(CS(=O)(=O)[C@H]2CCC[C@@H]2c2ncc(F)cn2)nnc1-c1ccc(C)o1.COc1cccc(OC)c1-n1c(CS(=O)(=O)[C@H]2CCC[C@@H]2c2ncc(F)cn2)nnc1-c1ccc(C)o1. The largest absolute Gasteiger partial charge is 0.494 e. The van der Waals surface area contributed by atoms with Crippen molar-refractivity contribution < 1.29 is 53.4 Å². The van der Waals surface area contributed by atoms with Crippen LogP contribution in [-0.4, -0.2) is 105 Å². The van der Waals surface area contributed by atoms with E-state index in [9.17, 15) is 25.6 Å².